The molecule has 0 radical (unpaired) electrons. The fourth-order valence-corrected chi connectivity index (χ4v) is 3.74. The quantitative estimate of drug-likeness (QED) is 0.116. The second kappa shape index (κ2) is 15.2. The van der Waals surface area contributed by atoms with Crippen molar-refractivity contribution in [2.24, 2.45) is 5.41 Å². The van der Waals surface area contributed by atoms with Crippen LogP contribution in [-0.4, -0.2) is 84.2 Å². The molecule has 0 saturated heterocycles. The number of likely N-dealkylation sites (N-methyl/N-ethyl adjacent to an activating group) is 1. The highest BCUT2D eigenvalue weighted by Crippen LogP contribution is 2.24. The van der Waals surface area contributed by atoms with Crippen molar-refractivity contribution in [3.63, 3.8) is 0 Å². The maximum Gasteiger partial charge on any atom is 0.407 e. The minimum atomic E-state index is -1.65. The topological polar surface area (TPSA) is 120 Å². The summed E-state index contributed by atoms with van der Waals surface area (Å²) in [5.41, 5.74) is -0.958. The molecule has 11 heteroatoms. The fourth-order valence-electron chi connectivity index (χ4n) is 2.51. The zero-order chi connectivity index (χ0) is 25.5. The van der Waals surface area contributed by atoms with Gasteiger partial charge in [0.15, 0.2) is 8.32 Å². The summed E-state index contributed by atoms with van der Waals surface area (Å²) in [5, 5.41) is 2.68. The highest BCUT2D eigenvalue weighted by Gasteiger charge is 2.32. The predicted molar refractivity (Wildman–Crippen MR) is 126 cm³/mol. The molecule has 0 heterocycles. The van der Waals surface area contributed by atoms with Crippen LogP contribution >= 0.6 is 0 Å². The molecule has 0 aliphatic carbocycles. The van der Waals surface area contributed by atoms with Crippen LogP contribution in [0, 0.1) is 5.41 Å². The molecular weight excluding hydrogens is 448 g/mol. The molecular formula is C22H38N2O8Si. The van der Waals surface area contributed by atoms with Gasteiger partial charge in [0.05, 0.1) is 6.54 Å². The number of ether oxygens (including phenoxy) is 3. The number of rotatable bonds is 16. The number of hydrogen-bond donors (Lipinski definition) is 1. The second-order valence-electron chi connectivity index (χ2n) is 8.56. The Morgan fingerprint density at radius 3 is 2.06 bits per heavy atom. The highest BCUT2D eigenvalue weighted by atomic mass is 28.4. The van der Waals surface area contributed by atoms with Crippen molar-refractivity contribution in [2.45, 2.75) is 38.9 Å². The van der Waals surface area contributed by atoms with Crippen LogP contribution in [0.25, 0.3) is 0 Å². The first kappa shape index (κ1) is 30.3. The summed E-state index contributed by atoms with van der Waals surface area (Å²) in [4.78, 5) is 48.7. The summed E-state index contributed by atoms with van der Waals surface area (Å²) < 4.78 is 20.7. The fraction of sp³-hybridized carbons (Fsp3) is 0.636. The lowest BCUT2D eigenvalue weighted by Gasteiger charge is -2.29. The van der Waals surface area contributed by atoms with Crippen molar-refractivity contribution in [3.8, 4) is 0 Å². The van der Waals surface area contributed by atoms with E-state index in [9.17, 15) is 19.2 Å². The first-order chi connectivity index (χ1) is 15.4. The molecule has 0 rings (SSSR count). The molecule has 0 aliphatic heterocycles. The maximum absolute atomic E-state index is 12.6. The zero-order valence-corrected chi connectivity index (χ0v) is 21.4. The van der Waals surface area contributed by atoms with Crippen molar-refractivity contribution in [1.29, 1.82) is 0 Å². The molecule has 0 aromatic carbocycles. The van der Waals surface area contributed by atoms with E-state index in [1.165, 1.54) is 4.90 Å². The number of carbonyl (C=O) groups is 4. The van der Waals surface area contributed by atoms with E-state index in [4.69, 9.17) is 18.6 Å². The van der Waals surface area contributed by atoms with Gasteiger partial charge < -0.3 is 28.9 Å². The Hall–Kier alpha value is -2.66. The molecule has 1 N–H and O–H groups in total. The predicted octanol–water partition coefficient (Wildman–Crippen LogP) is 2.27. The summed E-state index contributed by atoms with van der Waals surface area (Å²) in [6.07, 6.45) is 2.19. The van der Waals surface area contributed by atoms with E-state index in [1.54, 1.807) is 21.1 Å². The van der Waals surface area contributed by atoms with E-state index in [0.717, 1.165) is 24.6 Å². The number of carbonyl (C=O) groups excluding carboxylic acids is 4. The van der Waals surface area contributed by atoms with Crippen LogP contribution in [0.1, 0.15) is 19.8 Å². The number of amides is 2. The molecule has 0 saturated carbocycles. The van der Waals surface area contributed by atoms with Crippen LogP contribution in [0.2, 0.25) is 19.1 Å². The third kappa shape index (κ3) is 14.2. The van der Waals surface area contributed by atoms with Gasteiger partial charge in [-0.15, -0.1) is 0 Å². The molecule has 188 valence electrons. The Morgan fingerprint density at radius 2 is 1.58 bits per heavy atom. The molecule has 0 fully saturated rings. The van der Waals surface area contributed by atoms with Crippen molar-refractivity contribution >= 4 is 32.3 Å². The summed E-state index contributed by atoms with van der Waals surface area (Å²) >= 11 is 0. The standard InChI is InChI=1S/C22H38N2O8Si/c1-8-19(26)31-16-22(3,17-32-20(27)9-2)15-18(25)24(4)12-13-30-21(28)23-11-10-14-33(6,7)29-5/h8-9H,1-2,10-17H2,3-7H3,(H,23,28). The van der Waals surface area contributed by atoms with Gasteiger partial charge in [-0.3, -0.25) is 4.79 Å². The Kier molecular flexibility index (Phi) is 14.0. The minimum Gasteiger partial charge on any atom is -0.462 e. The number of hydrogen-bond acceptors (Lipinski definition) is 8. The first-order valence-corrected chi connectivity index (χ1v) is 13.8. The maximum atomic E-state index is 12.6. The van der Waals surface area contributed by atoms with Crippen LogP contribution in [0.5, 0.6) is 0 Å². The van der Waals surface area contributed by atoms with E-state index in [1.807, 2.05) is 0 Å². The molecule has 0 aromatic heterocycles. The number of nitrogens with one attached hydrogen (secondary N) is 1. The average Bonchev–Trinajstić information content (AvgIpc) is 2.78. The third-order valence-corrected chi connectivity index (χ3v) is 7.56. The zero-order valence-electron chi connectivity index (χ0n) is 20.4. The SMILES string of the molecule is C=CC(=O)OCC(C)(COC(=O)C=C)CC(=O)N(C)CCOC(=O)NCCC[Si](C)(C)OC. The van der Waals surface area contributed by atoms with Gasteiger partial charge in [0.1, 0.15) is 19.8 Å². The average molecular weight is 487 g/mol. The smallest absolute Gasteiger partial charge is 0.407 e. The molecule has 0 unspecified atom stereocenters. The summed E-state index contributed by atoms with van der Waals surface area (Å²) in [5.74, 6) is -1.59. The van der Waals surface area contributed by atoms with Gasteiger partial charge in [-0.05, 0) is 25.6 Å². The molecule has 0 aromatic rings. The molecule has 0 aliphatic rings. The van der Waals surface area contributed by atoms with Crippen molar-refractivity contribution in [1.82, 2.24) is 10.2 Å². The van der Waals surface area contributed by atoms with Gasteiger partial charge >= 0.3 is 18.0 Å². The molecule has 2 amide bonds. The Bertz CT molecular complexity index is 672. The number of esters is 2. The van der Waals surface area contributed by atoms with Crippen LogP contribution in [0.15, 0.2) is 25.3 Å². The second-order valence-corrected chi connectivity index (χ2v) is 13.0. The van der Waals surface area contributed by atoms with Crippen LogP contribution < -0.4 is 5.32 Å². The van der Waals surface area contributed by atoms with E-state index in [0.29, 0.717) is 6.54 Å². The van der Waals surface area contributed by atoms with Crippen LogP contribution in [-0.2, 0) is 33.0 Å². The molecule has 0 atom stereocenters. The lowest BCUT2D eigenvalue weighted by atomic mass is 9.88. The highest BCUT2D eigenvalue weighted by molar-refractivity contribution is 6.71. The van der Waals surface area contributed by atoms with Crippen LogP contribution in [0.3, 0.4) is 0 Å². The van der Waals surface area contributed by atoms with E-state index in [-0.39, 0.29) is 38.7 Å². The van der Waals surface area contributed by atoms with Gasteiger partial charge in [-0.25, -0.2) is 14.4 Å². The monoisotopic (exact) mass is 486 g/mol. The van der Waals surface area contributed by atoms with Crippen LogP contribution in [0.4, 0.5) is 4.79 Å². The lowest BCUT2D eigenvalue weighted by Crippen LogP contribution is -2.39. The van der Waals surface area contributed by atoms with Gasteiger partial charge in [-0.1, -0.05) is 20.1 Å². The minimum absolute atomic E-state index is 0.0139. The van der Waals surface area contributed by atoms with Crippen molar-refractivity contribution in [3.05, 3.63) is 25.3 Å². The van der Waals surface area contributed by atoms with Gasteiger partial charge in [0.2, 0.25) is 5.91 Å². The number of alkyl carbamates (subject to hydrolysis) is 1. The molecule has 33 heavy (non-hydrogen) atoms. The summed E-state index contributed by atoms with van der Waals surface area (Å²) in [6.45, 7) is 12.9. The molecule has 10 nitrogen and oxygen atoms in total. The third-order valence-electron chi connectivity index (χ3n) is 4.90. The normalized spacial score (nSPS) is 11.2. The Labute approximate surface area is 197 Å². The first-order valence-electron chi connectivity index (χ1n) is 10.7. The van der Waals surface area contributed by atoms with Crippen molar-refractivity contribution in [2.75, 3.05) is 47.1 Å². The number of nitrogens with zero attached hydrogens (tertiary/aromatic N) is 1. The van der Waals surface area contributed by atoms with Gasteiger partial charge in [0.25, 0.3) is 0 Å². The lowest BCUT2D eigenvalue weighted by molar-refractivity contribution is -0.151. The van der Waals surface area contributed by atoms with Gasteiger partial charge in [0, 0.05) is 44.7 Å². The van der Waals surface area contributed by atoms with E-state index < -0.39 is 31.8 Å². The van der Waals surface area contributed by atoms with Gasteiger partial charge in [-0.2, -0.15) is 0 Å². The Balaban J connectivity index is 4.54. The largest absolute Gasteiger partial charge is 0.462 e. The van der Waals surface area contributed by atoms with Crippen molar-refractivity contribution < 1.29 is 37.8 Å². The molecule has 0 spiro atoms. The van der Waals surface area contributed by atoms with E-state index in [2.05, 4.69) is 31.6 Å². The molecule has 0 bridgehead atoms. The summed E-state index contributed by atoms with van der Waals surface area (Å²) in [7, 11) is 1.61. The summed E-state index contributed by atoms with van der Waals surface area (Å²) in [6, 6.07) is 0.921. The Morgan fingerprint density at radius 1 is 1.03 bits per heavy atom. The van der Waals surface area contributed by atoms with E-state index >= 15 is 0 Å².